The molecule has 0 bridgehead atoms. The number of imidazole rings is 1. The van der Waals surface area contributed by atoms with E-state index >= 15 is 0 Å². The summed E-state index contributed by atoms with van der Waals surface area (Å²) in [5.74, 6) is -0.938. The number of carbonyl (C=O) groups is 1. The largest absolute Gasteiger partial charge is 0.478 e. The van der Waals surface area contributed by atoms with E-state index in [2.05, 4.69) is 27.3 Å². The van der Waals surface area contributed by atoms with Crippen molar-refractivity contribution in [3.05, 3.63) is 54.4 Å². The van der Waals surface area contributed by atoms with Crippen LogP contribution in [-0.4, -0.2) is 46.8 Å². The Morgan fingerprint density at radius 2 is 1.88 bits per heavy atom. The van der Waals surface area contributed by atoms with E-state index in [-0.39, 0.29) is 5.56 Å². The minimum Gasteiger partial charge on any atom is -0.478 e. The van der Waals surface area contributed by atoms with E-state index < -0.39 is 5.97 Å². The van der Waals surface area contributed by atoms with Gasteiger partial charge in [-0.2, -0.15) is 0 Å². The Hall–Kier alpha value is -2.86. The van der Waals surface area contributed by atoms with Gasteiger partial charge in [-0.15, -0.1) is 0 Å². The molecule has 0 aliphatic carbocycles. The highest BCUT2D eigenvalue weighted by Crippen LogP contribution is 2.23. The third kappa shape index (κ3) is 2.61. The first-order valence-corrected chi connectivity index (χ1v) is 7.99. The Labute approximate surface area is 139 Å². The van der Waals surface area contributed by atoms with Crippen LogP contribution in [0.5, 0.6) is 0 Å². The number of piperazine rings is 1. The molecule has 1 fully saturated rings. The minimum atomic E-state index is -0.938. The molecule has 24 heavy (non-hydrogen) atoms. The smallest absolute Gasteiger partial charge is 0.335 e. The van der Waals surface area contributed by atoms with Crippen molar-refractivity contribution in [2.75, 3.05) is 31.1 Å². The molecule has 1 saturated heterocycles. The molecule has 4 rings (SSSR count). The maximum absolute atomic E-state index is 11.1. The molecular formula is C18H18N4O2. The van der Waals surface area contributed by atoms with Gasteiger partial charge in [-0.1, -0.05) is 6.07 Å². The van der Waals surface area contributed by atoms with Gasteiger partial charge in [-0.25, -0.2) is 9.78 Å². The number of nitrogens with zero attached hydrogens (tertiary/aromatic N) is 3. The molecular weight excluding hydrogens is 304 g/mol. The van der Waals surface area contributed by atoms with E-state index in [1.807, 2.05) is 22.8 Å². The van der Waals surface area contributed by atoms with Crippen molar-refractivity contribution >= 4 is 22.7 Å². The fraction of sp³-hybridized carbons (Fsp3) is 0.222. The van der Waals surface area contributed by atoms with Crippen LogP contribution in [0, 0.1) is 0 Å². The predicted octanol–water partition coefficient (Wildman–Crippen LogP) is 2.13. The van der Waals surface area contributed by atoms with Gasteiger partial charge in [0.2, 0.25) is 0 Å². The number of carboxylic acids is 1. The number of hydrogen-bond acceptors (Lipinski definition) is 4. The molecule has 0 atom stereocenters. The van der Waals surface area contributed by atoms with E-state index in [1.165, 1.54) is 5.69 Å². The third-order valence-corrected chi connectivity index (χ3v) is 4.38. The van der Waals surface area contributed by atoms with E-state index in [1.54, 1.807) is 18.5 Å². The fourth-order valence-corrected chi connectivity index (χ4v) is 3.11. The van der Waals surface area contributed by atoms with Gasteiger partial charge in [0.15, 0.2) is 0 Å². The topological polar surface area (TPSA) is 70.4 Å². The van der Waals surface area contributed by atoms with E-state index in [9.17, 15) is 4.79 Å². The van der Waals surface area contributed by atoms with E-state index in [4.69, 9.17) is 5.11 Å². The number of rotatable bonds is 3. The second-order valence-electron chi connectivity index (χ2n) is 5.88. The lowest BCUT2D eigenvalue weighted by atomic mass is 10.2. The highest BCUT2D eigenvalue weighted by Gasteiger charge is 2.13. The van der Waals surface area contributed by atoms with Crippen molar-refractivity contribution in [3.8, 4) is 5.69 Å². The van der Waals surface area contributed by atoms with Crippen LogP contribution in [0.25, 0.3) is 16.7 Å². The average Bonchev–Trinajstić information content (AvgIpc) is 3.06. The summed E-state index contributed by atoms with van der Waals surface area (Å²) in [4.78, 5) is 17.8. The number of fused-ring (bicyclic) bond motifs is 1. The zero-order valence-corrected chi connectivity index (χ0v) is 13.1. The van der Waals surface area contributed by atoms with Crippen LogP contribution in [0.3, 0.4) is 0 Å². The average molecular weight is 322 g/mol. The van der Waals surface area contributed by atoms with Crippen LogP contribution in [-0.2, 0) is 0 Å². The predicted molar refractivity (Wildman–Crippen MR) is 93.1 cm³/mol. The maximum Gasteiger partial charge on any atom is 0.335 e. The number of aromatic carboxylic acids is 1. The second kappa shape index (κ2) is 5.98. The maximum atomic E-state index is 11.1. The molecule has 0 saturated carbocycles. The van der Waals surface area contributed by atoms with Gasteiger partial charge in [-0.3, -0.25) is 4.57 Å². The summed E-state index contributed by atoms with van der Waals surface area (Å²) in [5, 5.41) is 12.5. The molecule has 6 nitrogen and oxygen atoms in total. The number of hydrogen-bond donors (Lipinski definition) is 2. The molecule has 122 valence electrons. The lowest BCUT2D eigenvalue weighted by molar-refractivity contribution is 0.0697. The molecule has 0 spiro atoms. The number of carboxylic acid groups (broad SMARTS) is 1. The van der Waals surface area contributed by atoms with Gasteiger partial charge in [-0.05, 0) is 36.4 Å². The Morgan fingerprint density at radius 1 is 1.08 bits per heavy atom. The number of nitrogens with one attached hydrogen (secondary N) is 1. The molecule has 2 aromatic carbocycles. The lowest BCUT2D eigenvalue weighted by Gasteiger charge is -2.29. The first kappa shape index (κ1) is 14.7. The van der Waals surface area contributed by atoms with Gasteiger partial charge in [0, 0.05) is 37.6 Å². The Balaban J connectivity index is 1.73. The summed E-state index contributed by atoms with van der Waals surface area (Å²) in [5.41, 5.74) is 4.05. The van der Waals surface area contributed by atoms with Crippen molar-refractivity contribution in [2.24, 2.45) is 0 Å². The monoisotopic (exact) mass is 322 g/mol. The highest BCUT2D eigenvalue weighted by molar-refractivity contribution is 5.92. The molecule has 1 aliphatic heterocycles. The first-order valence-electron chi connectivity index (χ1n) is 7.99. The zero-order valence-electron chi connectivity index (χ0n) is 13.1. The Bertz CT molecular complexity index is 897. The molecule has 0 unspecified atom stereocenters. The van der Waals surface area contributed by atoms with Crippen LogP contribution in [0.4, 0.5) is 5.69 Å². The molecule has 2 N–H and O–H groups in total. The quantitative estimate of drug-likeness (QED) is 0.773. The van der Waals surface area contributed by atoms with Crippen molar-refractivity contribution in [1.82, 2.24) is 14.9 Å². The zero-order chi connectivity index (χ0) is 16.5. The lowest BCUT2D eigenvalue weighted by Crippen LogP contribution is -2.43. The summed E-state index contributed by atoms with van der Waals surface area (Å²) in [6, 6.07) is 13.4. The van der Waals surface area contributed by atoms with Crippen LogP contribution in [0.2, 0.25) is 0 Å². The van der Waals surface area contributed by atoms with Crippen molar-refractivity contribution in [1.29, 1.82) is 0 Å². The van der Waals surface area contributed by atoms with Crippen LogP contribution in [0.15, 0.2) is 48.8 Å². The van der Waals surface area contributed by atoms with Gasteiger partial charge in [0.05, 0.1) is 16.6 Å². The second-order valence-corrected chi connectivity index (χ2v) is 5.88. The Morgan fingerprint density at radius 3 is 2.67 bits per heavy atom. The summed E-state index contributed by atoms with van der Waals surface area (Å²) < 4.78 is 1.99. The minimum absolute atomic E-state index is 0.252. The SMILES string of the molecule is O=C(O)c1ccc2c(c1)ncn2-c1cccc(N2CCNCC2)c1. The van der Waals surface area contributed by atoms with Gasteiger partial charge in [0.1, 0.15) is 6.33 Å². The van der Waals surface area contributed by atoms with Gasteiger partial charge < -0.3 is 15.3 Å². The van der Waals surface area contributed by atoms with Crippen LogP contribution < -0.4 is 10.2 Å². The van der Waals surface area contributed by atoms with Crippen molar-refractivity contribution < 1.29 is 9.90 Å². The molecule has 0 amide bonds. The van der Waals surface area contributed by atoms with E-state index in [0.717, 1.165) is 37.4 Å². The van der Waals surface area contributed by atoms with Gasteiger partial charge >= 0.3 is 5.97 Å². The van der Waals surface area contributed by atoms with Crippen molar-refractivity contribution in [3.63, 3.8) is 0 Å². The van der Waals surface area contributed by atoms with Crippen LogP contribution in [0.1, 0.15) is 10.4 Å². The summed E-state index contributed by atoms with van der Waals surface area (Å²) >= 11 is 0. The summed E-state index contributed by atoms with van der Waals surface area (Å²) in [6.45, 7) is 3.98. The normalized spacial score (nSPS) is 14.9. The molecule has 3 aromatic rings. The molecule has 6 heteroatoms. The Kier molecular flexibility index (Phi) is 3.66. The number of benzene rings is 2. The van der Waals surface area contributed by atoms with E-state index in [0.29, 0.717) is 5.52 Å². The highest BCUT2D eigenvalue weighted by atomic mass is 16.4. The number of anilines is 1. The van der Waals surface area contributed by atoms with Crippen LogP contribution >= 0.6 is 0 Å². The standard InChI is InChI=1S/C18H18N4O2/c23-18(24)13-4-5-17-16(10-13)20-12-22(17)15-3-1-2-14(11-15)21-8-6-19-7-9-21/h1-5,10-12,19H,6-9H2,(H,23,24). The molecule has 1 aromatic heterocycles. The van der Waals surface area contributed by atoms with Gasteiger partial charge in [0.25, 0.3) is 0 Å². The molecule has 0 radical (unpaired) electrons. The molecule has 2 heterocycles. The number of aromatic nitrogens is 2. The summed E-state index contributed by atoms with van der Waals surface area (Å²) in [6.07, 6.45) is 1.74. The van der Waals surface area contributed by atoms with Crippen molar-refractivity contribution in [2.45, 2.75) is 0 Å². The molecule has 1 aliphatic rings. The fourth-order valence-electron chi connectivity index (χ4n) is 3.11. The first-order chi connectivity index (χ1) is 11.7. The summed E-state index contributed by atoms with van der Waals surface area (Å²) in [7, 11) is 0. The third-order valence-electron chi connectivity index (χ3n) is 4.38.